The number of pyridine rings is 1. The van der Waals surface area contributed by atoms with Crippen molar-refractivity contribution in [3.63, 3.8) is 0 Å². The molecule has 1 saturated carbocycles. The quantitative estimate of drug-likeness (QED) is 0.466. The Labute approximate surface area is 184 Å². The van der Waals surface area contributed by atoms with Gasteiger partial charge in [-0.15, -0.1) is 0 Å². The normalized spacial score (nSPS) is 14.6. The van der Waals surface area contributed by atoms with Crippen LogP contribution in [0.2, 0.25) is 0 Å². The maximum absolute atomic E-state index is 14.9. The topological polar surface area (TPSA) is 71.2 Å². The van der Waals surface area contributed by atoms with E-state index < -0.39 is 45.8 Å². The number of amides is 1. The molecule has 1 fully saturated rings. The molecule has 1 aliphatic rings. The Morgan fingerprint density at radius 3 is 2.42 bits per heavy atom. The van der Waals surface area contributed by atoms with E-state index in [2.05, 4.69) is 10.3 Å². The predicted octanol–water partition coefficient (Wildman–Crippen LogP) is 5.84. The molecule has 2 aromatic carbocycles. The molecule has 1 aliphatic carbocycles. The lowest BCUT2D eigenvalue weighted by molar-refractivity contribution is -0.139. The van der Waals surface area contributed by atoms with Crippen molar-refractivity contribution in [2.45, 2.75) is 31.6 Å². The zero-order chi connectivity index (χ0) is 24.0. The summed E-state index contributed by atoms with van der Waals surface area (Å²) in [5, 5.41) is 2.34. The van der Waals surface area contributed by atoms with Gasteiger partial charge in [-0.1, -0.05) is 0 Å². The van der Waals surface area contributed by atoms with E-state index in [-0.39, 0.29) is 30.0 Å². The first kappa shape index (κ1) is 22.5. The van der Waals surface area contributed by atoms with E-state index in [1.54, 1.807) is 0 Å². The summed E-state index contributed by atoms with van der Waals surface area (Å²) in [6.45, 7) is 1.51. The van der Waals surface area contributed by atoms with Crippen LogP contribution in [0.4, 0.5) is 27.6 Å². The molecular formula is C23H17F5N2O3. The Hall–Kier alpha value is -3.69. The third-order valence-electron chi connectivity index (χ3n) is 5.23. The highest BCUT2D eigenvalue weighted by Crippen LogP contribution is 2.54. The number of aromatic nitrogens is 1. The van der Waals surface area contributed by atoms with Crippen molar-refractivity contribution < 1.29 is 31.5 Å². The number of aromatic amines is 1. The molecule has 0 radical (unpaired) electrons. The van der Waals surface area contributed by atoms with Gasteiger partial charge in [0.15, 0.2) is 0 Å². The first-order valence-electron chi connectivity index (χ1n) is 9.85. The number of rotatable bonds is 5. The predicted molar refractivity (Wildman–Crippen MR) is 110 cm³/mol. The molecule has 2 N–H and O–H groups in total. The standard InChI is InChI=1S/C23H17F5N2O3/c1-12-8-13(24)2-3-18(12)33-19-11-16(22(25)5-6-22)17(23(26,27)28)10-15(19)21(32)30-14-4-7-29-20(31)9-14/h2-4,7-11H,5-6H2,1H3,(H2,29,30,31,32). The Kier molecular flexibility index (Phi) is 5.47. The second kappa shape index (κ2) is 8.02. The van der Waals surface area contributed by atoms with Crippen LogP contribution in [0.25, 0.3) is 0 Å². The number of anilines is 1. The first-order valence-corrected chi connectivity index (χ1v) is 9.85. The van der Waals surface area contributed by atoms with Crippen molar-refractivity contribution in [2.75, 3.05) is 5.32 Å². The largest absolute Gasteiger partial charge is 0.456 e. The Morgan fingerprint density at radius 2 is 1.82 bits per heavy atom. The summed E-state index contributed by atoms with van der Waals surface area (Å²) in [5.41, 5.74) is -4.81. The second-order valence-electron chi connectivity index (χ2n) is 7.76. The average Bonchev–Trinajstić information content (AvgIpc) is 3.47. The summed E-state index contributed by atoms with van der Waals surface area (Å²) >= 11 is 0. The van der Waals surface area contributed by atoms with Gasteiger partial charge in [-0.3, -0.25) is 9.59 Å². The second-order valence-corrected chi connectivity index (χ2v) is 7.76. The van der Waals surface area contributed by atoms with Crippen LogP contribution in [-0.4, -0.2) is 10.9 Å². The van der Waals surface area contributed by atoms with E-state index in [9.17, 15) is 31.5 Å². The minimum atomic E-state index is -4.93. The van der Waals surface area contributed by atoms with Gasteiger partial charge in [0.1, 0.15) is 23.0 Å². The summed E-state index contributed by atoms with van der Waals surface area (Å²) in [5.74, 6) is -1.81. The zero-order valence-corrected chi connectivity index (χ0v) is 17.1. The third kappa shape index (κ3) is 4.74. The summed E-state index contributed by atoms with van der Waals surface area (Å²) in [6.07, 6.45) is -3.87. The number of ether oxygens (including phenoxy) is 1. The van der Waals surface area contributed by atoms with Crippen LogP contribution < -0.4 is 15.6 Å². The number of nitrogens with one attached hydrogen (secondary N) is 2. The SMILES string of the molecule is Cc1cc(F)ccc1Oc1cc(C2(F)CC2)c(C(F)(F)F)cc1C(=O)Nc1cc[nH]c(=O)c1. The molecule has 0 unspecified atom stereocenters. The van der Waals surface area contributed by atoms with Crippen molar-refractivity contribution >= 4 is 11.6 Å². The van der Waals surface area contributed by atoms with Gasteiger partial charge in [0.05, 0.1) is 11.1 Å². The van der Waals surface area contributed by atoms with Crippen LogP contribution in [0.3, 0.4) is 0 Å². The van der Waals surface area contributed by atoms with E-state index in [0.29, 0.717) is 11.6 Å². The van der Waals surface area contributed by atoms with Crippen LogP contribution in [0.1, 0.15) is 39.9 Å². The number of aryl methyl sites for hydroxylation is 1. The Balaban J connectivity index is 1.84. The van der Waals surface area contributed by atoms with Gasteiger partial charge in [-0.05, 0) is 61.7 Å². The molecule has 1 amide bonds. The van der Waals surface area contributed by atoms with Gasteiger partial charge in [-0.25, -0.2) is 8.78 Å². The fourth-order valence-corrected chi connectivity index (χ4v) is 3.39. The molecule has 33 heavy (non-hydrogen) atoms. The van der Waals surface area contributed by atoms with Crippen LogP contribution in [0.5, 0.6) is 11.5 Å². The van der Waals surface area contributed by atoms with E-state index in [4.69, 9.17) is 4.74 Å². The summed E-state index contributed by atoms with van der Waals surface area (Å²) in [6, 6.07) is 7.26. The lowest BCUT2D eigenvalue weighted by Gasteiger charge is -2.20. The molecule has 0 atom stereocenters. The Morgan fingerprint density at radius 1 is 1.09 bits per heavy atom. The summed E-state index contributed by atoms with van der Waals surface area (Å²) in [4.78, 5) is 26.7. The number of H-pyrrole nitrogens is 1. The molecule has 0 aliphatic heterocycles. The Bertz CT molecular complexity index is 1300. The highest BCUT2D eigenvalue weighted by molar-refractivity contribution is 6.06. The monoisotopic (exact) mass is 464 g/mol. The van der Waals surface area contributed by atoms with Crippen molar-refractivity contribution in [2.24, 2.45) is 0 Å². The van der Waals surface area contributed by atoms with E-state index in [1.807, 2.05) is 0 Å². The molecule has 1 heterocycles. The number of benzene rings is 2. The van der Waals surface area contributed by atoms with Crippen molar-refractivity contribution in [3.05, 3.63) is 87.1 Å². The molecule has 1 aromatic heterocycles. The number of hydrogen-bond acceptors (Lipinski definition) is 3. The molecule has 10 heteroatoms. The maximum atomic E-state index is 14.9. The van der Waals surface area contributed by atoms with E-state index >= 15 is 0 Å². The average molecular weight is 464 g/mol. The molecule has 4 rings (SSSR count). The zero-order valence-electron chi connectivity index (χ0n) is 17.1. The van der Waals surface area contributed by atoms with Crippen molar-refractivity contribution in [3.8, 4) is 11.5 Å². The van der Waals surface area contributed by atoms with E-state index in [0.717, 1.165) is 24.3 Å². The maximum Gasteiger partial charge on any atom is 0.416 e. The fourth-order valence-electron chi connectivity index (χ4n) is 3.39. The molecule has 0 saturated heterocycles. The fraction of sp³-hybridized carbons (Fsp3) is 0.217. The molecule has 3 aromatic rings. The van der Waals surface area contributed by atoms with Gasteiger partial charge < -0.3 is 15.0 Å². The van der Waals surface area contributed by atoms with Gasteiger partial charge in [0.25, 0.3) is 5.91 Å². The van der Waals surface area contributed by atoms with Crippen molar-refractivity contribution in [1.29, 1.82) is 0 Å². The molecule has 0 bridgehead atoms. The van der Waals surface area contributed by atoms with E-state index in [1.165, 1.54) is 25.3 Å². The lowest BCUT2D eigenvalue weighted by atomic mass is 9.97. The summed E-state index contributed by atoms with van der Waals surface area (Å²) < 4.78 is 75.3. The number of alkyl halides is 4. The first-order chi connectivity index (χ1) is 15.5. The van der Waals surface area contributed by atoms with Crippen LogP contribution in [0.15, 0.2) is 53.5 Å². The van der Waals surface area contributed by atoms with Gasteiger partial charge in [0, 0.05) is 23.5 Å². The lowest BCUT2D eigenvalue weighted by Crippen LogP contribution is -2.19. The minimum absolute atomic E-state index is 0.0365. The molecular weight excluding hydrogens is 447 g/mol. The van der Waals surface area contributed by atoms with Gasteiger partial charge in [0.2, 0.25) is 5.56 Å². The number of carbonyl (C=O) groups is 1. The minimum Gasteiger partial charge on any atom is -0.456 e. The van der Waals surface area contributed by atoms with Gasteiger partial charge in [-0.2, -0.15) is 13.2 Å². The third-order valence-corrected chi connectivity index (χ3v) is 5.23. The van der Waals surface area contributed by atoms with Crippen molar-refractivity contribution in [1.82, 2.24) is 4.98 Å². The van der Waals surface area contributed by atoms with Crippen LogP contribution in [-0.2, 0) is 11.8 Å². The highest BCUT2D eigenvalue weighted by atomic mass is 19.4. The number of carbonyl (C=O) groups excluding carboxylic acids is 1. The number of hydrogen-bond donors (Lipinski definition) is 2. The molecule has 5 nitrogen and oxygen atoms in total. The van der Waals surface area contributed by atoms with Crippen LogP contribution in [0, 0.1) is 12.7 Å². The highest BCUT2D eigenvalue weighted by Gasteiger charge is 2.51. The summed E-state index contributed by atoms with van der Waals surface area (Å²) in [7, 11) is 0. The van der Waals surface area contributed by atoms with Crippen LogP contribution >= 0.6 is 0 Å². The van der Waals surface area contributed by atoms with Gasteiger partial charge >= 0.3 is 6.18 Å². The molecule has 0 spiro atoms. The number of halogens is 5. The smallest absolute Gasteiger partial charge is 0.416 e. The molecule has 172 valence electrons.